The van der Waals surface area contributed by atoms with Crippen LogP contribution in [0, 0.1) is 5.41 Å². The summed E-state index contributed by atoms with van der Waals surface area (Å²) in [6.45, 7) is 11.6. The smallest absolute Gasteiger partial charge is 0.242 e. The van der Waals surface area contributed by atoms with Gasteiger partial charge in [0.1, 0.15) is 0 Å². The molecule has 0 saturated heterocycles. The molecule has 2 amide bonds. The zero-order chi connectivity index (χ0) is 15.9. The molecular formula is C15H31N3O2. The standard InChI is InChI=1S/C15H31N3O2/c1-7-18(8-2)14(20)11-17(6)13(19)9-12(16)10-15(3,4)5/h12H,7-11,16H2,1-6H3. The summed E-state index contributed by atoms with van der Waals surface area (Å²) in [5.41, 5.74) is 6.11. The van der Waals surface area contributed by atoms with E-state index in [1.165, 1.54) is 4.90 Å². The van der Waals surface area contributed by atoms with Gasteiger partial charge in [-0.15, -0.1) is 0 Å². The Morgan fingerprint density at radius 3 is 2.00 bits per heavy atom. The van der Waals surface area contributed by atoms with Crippen molar-refractivity contribution in [3.63, 3.8) is 0 Å². The normalized spacial score (nSPS) is 12.9. The number of carbonyl (C=O) groups excluding carboxylic acids is 2. The minimum Gasteiger partial charge on any atom is -0.342 e. The van der Waals surface area contributed by atoms with Gasteiger partial charge >= 0.3 is 0 Å². The zero-order valence-electron chi connectivity index (χ0n) is 13.9. The fourth-order valence-corrected chi connectivity index (χ4v) is 2.21. The molecule has 0 aromatic carbocycles. The molecule has 0 fully saturated rings. The Bertz CT molecular complexity index is 320. The highest BCUT2D eigenvalue weighted by Gasteiger charge is 2.21. The van der Waals surface area contributed by atoms with Crippen LogP contribution >= 0.6 is 0 Å². The van der Waals surface area contributed by atoms with E-state index in [4.69, 9.17) is 5.73 Å². The number of nitrogens with two attached hydrogens (primary N) is 1. The Morgan fingerprint density at radius 1 is 1.10 bits per heavy atom. The average Bonchev–Trinajstić information content (AvgIpc) is 2.27. The maximum absolute atomic E-state index is 12.0. The quantitative estimate of drug-likeness (QED) is 0.770. The van der Waals surface area contributed by atoms with Crippen molar-refractivity contribution in [3.05, 3.63) is 0 Å². The molecule has 118 valence electrons. The SMILES string of the molecule is CCN(CC)C(=O)CN(C)C(=O)CC(N)CC(C)(C)C. The van der Waals surface area contributed by atoms with E-state index >= 15 is 0 Å². The number of amides is 2. The van der Waals surface area contributed by atoms with Crippen molar-refractivity contribution in [2.75, 3.05) is 26.7 Å². The summed E-state index contributed by atoms with van der Waals surface area (Å²) in [7, 11) is 1.66. The summed E-state index contributed by atoms with van der Waals surface area (Å²) in [5, 5.41) is 0. The molecule has 1 atom stereocenters. The maximum Gasteiger partial charge on any atom is 0.242 e. The van der Waals surface area contributed by atoms with Crippen LogP contribution in [0.5, 0.6) is 0 Å². The first kappa shape index (κ1) is 18.9. The van der Waals surface area contributed by atoms with Gasteiger partial charge in [-0.05, 0) is 25.7 Å². The molecule has 0 rings (SSSR count). The van der Waals surface area contributed by atoms with Gasteiger partial charge in [-0.2, -0.15) is 0 Å². The largest absolute Gasteiger partial charge is 0.342 e. The summed E-state index contributed by atoms with van der Waals surface area (Å²) in [6.07, 6.45) is 1.08. The summed E-state index contributed by atoms with van der Waals surface area (Å²) in [5.74, 6) is -0.0856. The third kappa shape index (κ3) is 7.48. The van der Waals surface area contributed by atoms with Crippen molar-refractivity contribution >= 4 is 11.8 Å². The van der Waals surface area contributed by atoms with E-state index in [0.717, 1.165) is 6.42 Å². The van der Waals surface area contributed by atoms with Crippen molar-refractivity contribution in [1.29, 1.82) is 0 Å². The molecule has 1 unspecified atom stereocenters. The first-order valence-electron chi connectivity index (χ1n) is 7.38. The number of carbonyl (C=O) groups is 2. The minimum atomic E-state index is -0.159. The highest BCUT2D eigenvalue weighted by atomic mass is 16.2. The third-order valence-electron chi connectivity index (χ3n) is 3.23. The molecule has 5 nitrogen and oxygen atoms in total. The molecule has 0 heterocycles. The van der Waals surface area contributed by atoms with Gasteiger partial charge in [-0.1, -0.05) is 20.8 Å². The van der Waals surface area contributed by atoms with E-state index in [0.29, 0.717) is 19.5 Å². The van der Waals surface area contributed by atoms with Crippen LogP contribution in [0.3, 0.4) is 0 Å². The molecule has 0 aromatic rings. The van der Waals surface area contributed by atoms with Crippen LogP contribution in [-0.2, 0) is 9.59 Å². The van der Waals surface area contributed by atoms with Gasteiger partial charge in [0.15, 0.2) is 0 Å². The van der Waals surface area contributed by atoms with E-state index in [1.54, 1.807) is 11.9 Å². The first-order valence-corrected chi connectivity index (χ1v) is 7.38. The number of nitrogens with zero attached hydrogens (tertiary/aromatic N) is 2. The molecule has 0 aromatic heterocycles. The van der Waals surface area contributed by atoms with E-state index in [-0.39, 0.29) is 29.8 Å². The fraction of sp³-hybridized carbons (Fsp3) is 0.867. The van der Waals surface area contributed by atoms with Crippen molar-refractivity contribution in [2.45, 2.75) is 53.5 Å². The highest BCUT2D eigenvalue weighted by molar-refractivity contribution is 5.84. The molecule has 20 heavy (non-hydrogen) atoms. The topological polar surface area (TPSA) is 66.6 Å². The first-order chi connectivity index (χ1) is 9.10. The predicted molar refractivity (Wildman–Crippen MR) is 82.2 cm³/mol. The molecule has 0 aliphatic carbocycles. The lowest BCUT2D eigenvalue weighted by molar-refractivity contribution is -0.139. The van der Waals surface area contributed by atoms with Crippen LogP contribution < -0.4 is 5.73 Å². The van der Waals surface area contributed by atoms with Crippen LogP contribution in [-0.4, -0.2) is 54.3 Å². The number of rotatable bonds is 7. The second kappa shape index (κ2) is 8.25. The Hall–Kier alpha value is -1.10. The van der Waals surface area contributed by atoms with Gasteiger partial charge in [-0.25, -0.2) is 0 Å². The Labute approximate surface area is 123 Å². The molecule has 0 bridgehead atoms. The fourth-order valence-electron chi connectivity index (χ4n) is 2.21. The predicted octanol–water partition coefficient (Wildman–Crippen LogP) is 1.47. The molecule has 5 heteroatoms. The second-order valence-electron chi connectivity index (χ2n) is 6.54. The van der Waals surface area contributed by atoms with Gasteiger partial charge < -0.3 is 15.5 Å². The highest BCUT2D eigenvalue weighted by Crippen LogP contribution is 2.21. The van der Waals surface area contributed by atoms with Crippen molar-refractivity contribution < 1.29 is 9.59 Å². The number of hydrogen-bond acceptors (Lipinski definition) is 3. The Morgan fingerprint density at radius 2 is 1.60 bits per heavy atom. The monoisotopic (exact) mass is 285 g/mol. The van der Waals surface area contributed by atoms with Gasteiger partial charge in [0.05, 0.1) is 6.54 Å². The third-order valence-corrected chi connectivity index (χ3v) is 3.23. The van der Waals surface area contributed by atoms with Crippen LogP contribution in [0.15, 0.2) is 0 Å². The minimum absolute atomic E-state index is 0.0183. The van der Waals surface area contributed by atoms with Crippen molar-refractivity contribution in [2.24, 2.45) is 11.1 Å². The summed E-state index contributed by atoms with van der Waals surface area (Å²) in [6, 6.07) is -0.159. The molecule has 0 aliphatic rings. The molecule has 2 N–H and O–H groups in total. The van der Waals surface area contributed by atoms with Crippen LogP contribution in [0.25, 0.3) is 0 Å². The lowest BCUT2D eigenvalue weighted by atomic mass is 9.87. The van der Waals surface area contributed by atoms with Crippen LogP contribution in [0.1, 0.15) is 47.5 Å². The summed E-state index contributed by atoms with van der Waals surface area (Å²) >= 11 is 0. The van der Waals surface area contributed by atoms with Gasteiger partial charge in [0.25, 0.3) is 0 Å². The molecular weight excluding hydrogens is 254 g/mol. The maximum atomic E-state index is 12.0. The second-order valence-corrected chi connectivity index (χ2v) is 6.54. The van der Waals surface area contributed by atoms with Crippen molar-refractivity contribution in [1.82, 2.24) is 9.80 Å². The van der Waals surface area contributed by atoms with Gasteiger partial charge in [-0.3, -0.25) is 9.59 Å². The zero-order valence-corrected chi connectivity index (χ0v) is 13.9. The summed E-state index contributed by atoms with van der Waals surface area (Å²) in [4.78, 5) is 27.2. The van der Waals surface area contributed by atoms with Crippen LogP contribution in [0.4, 0.5) is 0 Å². The molecule has 0 aliphatic heterocycles. The van der Waals surface area contributed by atoms with E-state index in [9.17, 15) is 9.59 Å². The molecule has 0 radical (unpaired) electrons. The average molecular weight is 285 g/mol. The lowest BCUT2D eigenvalue weighted by Gasteiger charge is -2.26. The van der Waals surface area contributed by atoms with Crippen molar-refractivity contribution in [3.8, 4) is 0 Å². The van der Waals surface area contributed by atoms with E-state index < -0.39 is 0 Å². The van der Waals surface area contributed by atoms with E-state index in [1.807, 2.05) is 13.8 Å². The van der Waals surface area contributed by atoms with Gasteiger partial charge in [0.2, 0.25) is 11.8 Å². The number of likely N-dealkylation sites (N-methyl/N-ethyl adjacent to an activating group) is 2. The molecule has 0 saturated carbocycles. The number of hydrogen-bond donors (Lipinski definition) is 1. The van der Waals surface area contributed by atoms with Crippen LogP contribution in [0.2, 0.25) is 0 Å². The lowest BCUT2D eigenvalue weighted by Crippen LogP contribution is -2.42. The molecule has 0 spiro atoms. The Balaban J connectivity index is 4.32. The van der Waals surface area contributed by atoms with Gasteiger partial charge in [0, 0.05) is 32.6 Å². The summed E-state index contributed by atoms with van der Waals surface area (Å²) < 4.78 is 0. The Kier molecular flexibility index (Phi) is 7.79. The van der Waals surface area contributed by atoms with E-state index in [2.05, 4.69) is 20.8 Å².